The average Bonchev–Trinajstić information content (AvgIpc) is 2.57. The summed E-state index contributed by atoms with van der Waals surface area (Å²) < 4.78 is 31.4. The van der Waals surface area contributed by atoms with Crippen LogP contribution in [0.3, 0.4) is 0 Å². The standard InChI is InChI=1S/C16H23ClN2O4S/c1-23-11-8-18-16(20)13-6-9-19(10-7-13)24(21,22)12-14-4-2-3-5-15(14)17/h2-5,13H,6-12H2,1H3,(H,18,20). The van der Waals surface area contributed by atoms with E-state index in [1.165, 1.54) is 4.31 Å². The van der Waals surface area contributed by atoms with Gasteiger partial charge >= 0.3 is 0 Å². The van der Waals surface area contributed by atoms with E-state index in [-0.39, 0.29) is 17.6 Å². The molecule has 1 heterocycles. The maximum Gasteiger partial charge on any atom is 0.223 e. The Bertz CT molecular complexity index is 658. The van der Waals surface area contributed by atoms with Crippen molar-refractivity contribution < 1.29 is 17.9 Å². The Balaban J connectivity index is 1.89. The third kappa shape index (κ3) is 5.17. The van der Waals surface area contributed by atoms with Crippen molar-refractivity contribution in [1.29, 1.82) is 0 Å². The molecule has 0 unspecified atom stereocenters. The summed E-state index contributed by atoms with van der Waals surface area (Å²) >= 11 is 6.05. The number of amides is 1. The molecular formula is C16H23ClN2O4S. The van der Waals surface area contributed by atoms with Crippen molar-refractivity contribution in [2.24, 2.45) is 5.92 Å². The van der Waals surface area contributed by atoms with Gasteiger partial charge in [-0.05, 0) is 24.5 Å². The van der Waals surface area contributed by atoms with Gasteiger partial charge in [0.2, 0.25) is 15.9 Å². The van der Waals surface area contributed by atoms with E-state index in [9.17, 15) is 13.2 Å². The molecule has 0 bridgehead atoms. The summed E-state index contributed by atoms with van der Waals surface area (Å²) in [5.41, 5.74) is 0.596. The lowest BCUT2D eigenvalue weighted by Gasteiger charge is -2.30. The van der Waals surface area contributed by atoms with Gasteiger partial charge in [0.15, 0.2) is 0 Å². The molecule has 0 saturated carbocycles. The summed E-state index contributed by atoms with van der Waals surface area (Å²) in [6.45, 7) is 1.65. The number of rotatable bonds is 7. The molecule has 0 radical (unpaired) electrons. The maximum atomic E-state index is 12.5. The zero-order valence-corrected chi connectivity index (χ0v) is 15.3. The average molecular weight is 375 g/mol. The molecule has 1 aliphatic heterocycles. The molecule has 1 aromatic rings. The van der Waals surface area contributed by atoms with Crippen LogP contribution in [0.4, 0.5) is 0 Å². The fraction of sp³-hybridized carbons (Fsp3) is 0.562. The SMILES string of the molecule is COCCNC(=O)C1CCN(S(=O)(=O)Cc2ccccc2Cl)CC1. The maximum absolute atomic E-state index is 12.5. The number of methoxy groups -OCH3 is 1. The highest BCUT2D eigenvalue weighted by Gasteiger charge is 2.31. The van der Waals surface area contributed by atoms with Crippen molar-refractivity contribution in [2.75, 3.05) is 33.4 Å². The number of ether oxygens (including phenoxy) is 1. The van der Waals surface area contributed by atoms with Crippen molar-refractivity contribution in [3.05, 3.63) is 34.9 Å². The molecule has 1 aliphatic rings. The number of benzene rings is 1. The van der Waals surface area contributed by atoms with E-state index in [1.807, 2.05) is 0 Å². The minimum absolute atomic E-state index is 0.0322. The fourth-order valence-electron chi connectivity index (χ4n) is 2.72. The van der Waals surface area contributed by atoms with Crippen molar-refractivity contribution in [3.63, 3.8) is 0 Å². The largest absolute Gasteiger partial charge is 0.383 e. The van der Waals surface area contributed by atoms with Crippen molar-refractivity contribution in [2.45, 2.75) is 18.6 Å². The summed E-state index contributed by atoms with van der Waals surface area (Å²) in [6, 6.07) is 6.94. The minimum atomic E-state index is -3.43. The van der Waals surface area contributed by atoms with E-state index in [0.29, 0.717) is 49.7 Å². The van der Waals surface area contributed by atoms with E-state index in [2.05, 4.69) is 5.32 Å². The van der Waals surface area contributed by atoms with Gasteiger partial charge in [0.1, 0.15) is 0 Å². The first-order valence-corrected chi connectivity index (χ1v) is 9.90. The molecule has 0 aliphatic carbocycles. The summed E-state index contributed by atoms with van der Waals surface area (Å²) in [6.07, 6.45) is 1.06. The van der Waals surface area contributed by atoms with Crippen LogP contribution in [0.15, 0.2) is 24.3 Å². The molecule has 1 saturated heterocycles. The highest BCUT2D eigenvalue weighted by Crippen LogP contribution is 2.24. The van der Waals surface area contributed by atoms with Crippen LogP contribution in [-0.2, 0) is 25.3 Å². The topological polar surface area (TPSA) is 75.7 Å². The third-order valence-corrected chi connectivity index (χ3v) is 6.32. The third-order valence-electron chi connectivity index (χ3n) is 4.12. The van der Waals surface area contributed by atoms with Gasteiger partial charge in [-0.3, -0.25) is 4.79 Å². The van der Waals surface area contributed by atoms with Gasteiger partial charge in [0.05, 0.1) is 12.4 Å². The van der Waals surface area contributed by atoms with Crippen molar-refractivity contribution in [1.82, 2.24) is 9.62 Å². The molecule has 1 fully saturated rings. The first kappa shape index (κ1) is 19.2. The Kier molecular flexibility index (Phi) is 7.03. The molecule has 6 nitrogen and oxygen atoms in total. The van der Waals surface area contributed by atoms with Crippen LogP contribution in [0.5, 0.6) is 0 Å². The number of hydrogen-bond donors (Lipinski definition) is 1. The van der Waals surface area contributed by atoms with E-state index >= 15 is 0 Å². The van der Waals surface area contributed by atoms with Gasteiger partial charge < -0.3 is 10.1 Å². The molecule has 134 valence electrons. The van der Waals surface area contributed by atoms with Gasteiger partial charge in [-0.15, -0.1) is 0 Å². The van der Waals surface area contributed by atoms with Crippen LogP contribution in [0.2, 0.25) is 5.02 Å². The van der Waals surface area contributed by atoms with Crippen LogP contribution in [0.1, 0.15) is 18.4 Å². The fourth-order valence-corrected chi connectivity index (χ4v) is 4.60. The molecule has 24 heavy (non-hydrogen) atoms. The smallest absolute Gasteiger partial charge is 0.223 e. The summed E-state index contributed by atoms with van der Waals surface area (Å²) in [4.78, 5) is 12.0. The monoisotopic (exact) mass is 374 g/mol. The van der Waals surface area contributed by atoms with Crippen LogP contribution in [0, 0.1) is 5.92 Å². The van der Waals surface area contributed by atoms with Gasteiger partial charge in [-0.2, -0.15) is 0 Å². The zero-order chi connectivity index (χ0) is 17.6. The van der Waals surface area contributed by atoms with Gasteiger partial charge in [0, 0.05) is 37.7 Å². The van der Waals surface area contributed by atoms with E-state index < -0.39 is 10.0 Å². The van der Waals surface area contributed by atoms with Crippen LogP contribution in [0.25, 0.3) is 0 Å². The van der Waals surface area contributed by atoms with E-state index in [0.717, 1.165) is 0 Å². The van der Waals surface area contributed by atoms with Gasteiger partial charge in [0.25, 0.3) is 0 Å². The second-order valence-electron chi connectivity index (χ2n) is 5.80. The van der Waals surface area contributed by atoms with Gasteiger partial charge in [-0.1, -0.05) is 29.8 Å². The number of hydrogen-bond acceptors (Lipinski definition) is 4. The number of carbonyl (C=O) groups excluding carboxylic acids is 1. The van der Waals surface area contributed by atoms with Crippen molar-refractivity contribution >= 4 is 27.5 Å². The summed E-state index contributed by atoms with van der Waals surface area (Å²) in [5, 5.41) is 3.26. The lowest BCUT2D eigenvalue weighted by molar-refractivity contribution is -0.126. The quantitative estimate of drug-likeness (QED) is 0.736. The predicted molar refractivity (Wildman–Crippen MR) is 93.3 cm³/mol. The molecule has 1 N–H and O–H groups in total. The number of sulfonamides is 1. The Morgan fingerprint density at radius 3 is 2.62 bits per heavy atom. The highest BCUT2D eigenvalue weighted by atomic mass is 35.5. The van der Waals surface area contributed by atoms with Crippen LogP contribution in [-0.4, -0.2) is 52.0 Å². The second-order valence-corrected chi connectivity index (χ2v) is 8.18. The molecule has 1 amide bonds. The van der Waals surface area contributed by atoms with E-state index in [1.54, 1.807) is 31.4 Å². The normalized spacial score (nSPS) is 16.9. The Morgan fingerprint density at radius 2 is 2.00 bits per heavy atom. The van der Waals surface area contributed by atoms with E-state index in [4.69, 9.17) is 16.3 Å². The lowest BCUT2D eigenvalue weighted by atomic mass is 9.97. The van der Waals surface area contributed by atoms with Crippen LogP contribution < -0.4 is 5.32 Å². The number of nitrogens with one attached hydrogen (secondary N) is 1. The second kappa shape index (κ2) is 8.80. The predicted octanol–water partition coefficient (Wildman–Crippen LogP) is 1.64. The minimum Gasteiger partial charge on any atom is -0.383 e. The molecule has 2 rings (SSSR count). The Morgan fingerprint density at radius 1 is 1.33 bits per heavy atom. The summed E-state index contributed by atoms with van der Waals surface area (Å²) in [5.74, 6) is -0.291. The molecule has 8 heteroatoms. The molecule has 1 aromatic carbocycles. The number of nitrogens with zero attached hydrogens (tertiary/aromatic N) is 1. The molecular weight excluding hydrogens is 352 g/mol. The zero-order valence-electron chi connectivity index (χ0n) is 13.7. The molecule has 0 aromatic heterocycles. The highest BCUT2D eigenvalue weighted by molar-refractivity contribution is 7.88. The van der Waals surface area contributed by atoms with Gasteiger partial charge in [-0.25, -0.2) is 12.7 Å². The number of piperidine rings is 1. The first-order chi connectivity index (χ1) is 11.4. The van der Waals surface area contributed by atoms with Crippen LogP contribution >= 0.6 is 11.6 Å². The Hall–Kier alpha value is -1.15. The first-order valence-electron chi connectivity index (χ1n) is 7.92. The molecule has 0 spiro atoms. The summed E-state index contributed by atoms with van der Waals surface area (Å²) in [7, 11) is -1.85. The number of carbonyl (C=O) groups is 1. The van der Waals surface area contributed by atoms with Crippen molar-refractivity contribution in [3.8, 4) is 0 Å². The number of halogens is 1. The lowest BCUT2D eigenvalue weighted by Crippen LogP contribution is -2.43. The Labute approximate surface area is 148 Å². The molecule has 0 atom stereocenters.